The van der Waals surface area contributed by atoms with Crippen LogP contribution >= 0.6 is 15.9 Å². The minimum atomic E-state index is 0.750. The Hall–Kier alpha value is -0.960. The Bertz CT molecular complexity index is 299. The van der Waals surface area contributed by atoms with Crippen LogP contribution in [0.15, 0.2) is 35.3 Å². The Balaban J connectivity index is 2.81. The van der Waals surface area contributed by atoms with Crippen LogP contribution in [0.4, 0.5) is 5.69 Å². The van der Waals surface area contributed by atoms with Gasteiger partial charge < -0.3 is 10.1 Å². The van der Waals surface area contributed by atoms with Crippen LogP contribution in [0.1, 0.15) is 0 Å². The lowest BCUT2D eigenvalue weighted by Crippen LogP contribution is -1.97. The topological polar surface area (TPSA) is 21.3 Å². The first-order valence-corrected chi connectivity index (χ1v) is 4.75. The summed E-state index contributed by atoms with van der Waals surface area (Å²) in [6.07, 6.45) is 1.81. The van der Waals surface area contributed by atoms with Crippen LogP contribution in [0.2, 0.25) is 0 Å². The van der Waals surface area contributed by atoms with E-state index in [1.165, 1.54) is 0 Å². The maximum absolute atomic E-state index is 5.12. The third-order valence-corrected chi connectivity index (χ3v) is 2.02. The Morgan fingerprint density at radius 2 is 2.31 bits per heavy atom. The first-order chi connectivity index (χ1) is 6.26. The van der Waals surface area contributed by atoms with Gasteiger partial charge in [0.2, 0.25) is 0 Å². The average Bonchev–Trinajstić information content (AvgIpc) is 2.14. The molecule has 0 bridgehead atoms. The van der Waals surface area contributed by atoms with E-state index < -0.39 is 0 Å². The van der Waals surface area contributed by atoms with E-state index in [2.05, 4.69) is 27.8 Å². The molecule has 0 aliphatic carbocycles. The molecule has 0 aliphatic rings. The van der Waals surface area contributed by atoms with E-state index in [9.17, 15) is 0 Å². The lowest BCUT2D eigenvalue weighted by atomic mass is 10.3. The molecule has 0 aromatic heterocycles. The Kier molecular flexibility index (Phi) is 3.83. The lowest BCUT2D eigenvalue weighted by Gasteiger charge is -2.06. The smallest absolute Gasteiger partial charge is 0.122 e. The molecule has 0 atom stereocenters. The van der Waals surface area contributed by atoms with Crippen molar-refractivity contribution in [2.45, 2.75) is 0 Å². The lowest BCUT2D eigenvalue weighted by molar-refractivity contribution is 0.414. The fraction of sp³-hybridized carbons (Fsp3) is 0.200. The van der Waals surface area contributed by atoms with Gasteiger partial charge in [-0.1, -0.05) is 22.0 Å². The Morgan fingerprint density at radius 3 is 2.92 bits per heavy atom. The molecule has 2 nitrogen and oxygen atoms in total. The zero-order valence-corrected chi connectivity index (χ0v) is 9.10. The SMILES string of the molecule is C=CCNc1cc(Br)cc(OC)c1. The quantitative estimate of drug-likeness (QED) is 0.819. The molecule has 70 valence electrons. The van der Waals surface area contributed by atoms with Gasteiger partial charge in [0.15, 0.2) is 0 Å². The van der Waals surface area contributed by atoms with Crippen LogP contribution in [-0.4, -0.2) is 13.7 Å². The van der Waals surface area contributed by atoms with Crippen LogP contribution in [0.25, 0.3) is 0 Å². The van der Waals surface area contributed by atoms with Gasteiger partial charge in [0.1, 0.15) is 5.75 Å². The molecular weight excluding hydrogens is 230 g/mol. The summed E-state index contributed by atoms with van der Waals surface area (Å²) in [4.78, 5) is 0. The monoisotopic (exact) mass is 241 g/mol. The van der Waals surface area contributed by atoms with Crippen molar-refractivity contribution >= 4 is 21.6 Å². The second-order valence-corrected chi connectivity index (χ2v) is 3.46. The Morgan fingerprint density at radius 1 is 1.54 bits per heavy atom. The van der Waals surface area contributed by atoms with Gasteiger partial charge in [-0.15, -0.1) is 6.58 Å². The molecule has 13 heavy (non-hydrogen) atoms. The summed E-state index contributed by atoms with van der Waals surface area (Å²) in [6, 6.07) is 5.85. The van der Waals surface area contributed by atoms with Crippen molar-refractivity contribution < 1.29 is 4.74 Å². The number of halogens is 1. The summed E-state index contributed by atoms with van der Waals surface area (Å²) in [5.41, 5.74) is 1.02. The minimum Gasteiger partial charge on any atom is -0.497 e. The molecule has 1 aromatic carbocycles. The molecule has 0 aliphatic heterocycles. The van der Waals surface area contributed by atoms with Crippen molar-refractivity contribution in [1.82, 2.24) is 0 Å². The summed E-state index contributed by atoms with van der Waals surface area (Å²) in [7, 11) is 1.65. The molecule has 0 spiro atoms. The van der Waals surface area contributed by atoms with Gasteiger partial charge in [0, 0.05) is 22.8 Å². The number of methoxy groups -OCH3 is 1. The molecule has 0 unspecified atom stereocenters. The zero-order chi connectivity index (χ0) is 9.68. The number of hydrogen-bond acceptors (Lipinski definition) is 2. The van der Waals surface area contributed by atoms with Crippen molar-refractivity contribution in [1.29, 1.82) is 0 Å². The number of anilines is 1. The standard InChI is InChI=1S/C10H12BrNO/c1-3-4-12-9-5-8(11)6-10(7-9)13-2/h3,5-7,12H,1,4H2,2H3. The predicted octanol–water partition coefficient (Wildman–Crippen LogP) is 3.06. The normalized spacial score (nSPS) is 9.38. The van der Waals surface area contributed by atoms with Crippen LogP contribution in [0.5, 0.6) is 5.75 Å². The van der Waals surface area contributed by atoms with Crippen molar-refractivity contribution in [3.05, 3.63) is 35.3 Å². The highest BCUT2D eigenvalue weighted by Crippen LogP contribution is 2.24. The second kappa shape index (κ2) is 4.92. The van der Waals surface area contributed by atoms with E-state index >= 15 is 0 Å². The first-order valence-electron chi connectivity index (χ1n) is 3.95. The van der Waals surface area contributed by atoms with Gasteiger partial charge in [0.05, 0.1) is 7.11 Å². The molecule has 0 radical (unpaired) electrons. The van der Waals surface area contributed by atoms with Gasteiger partial charge in [0.25, 0.3) is 0 Å². The number of nitrogens with one attached hydrogen (secondary N) is 1. The highest BCUT2D eigenvalue weighted by Gasteiger charge is 1.97. The minimum absolute atomic E-state index is 0.750. The second-order valence-electron chi connectivity index (χ2n) is 2.55. The first kappa shape index (κ1) is 10.1. The summed E-state index contributed by atoms with van der Waals surface area (Å²) >= 11 is 3.40. The summed E-state index contributed by atoms with van der Waals surface area (Å²) in [5, 5.41) is 3.18. The van der Waals surface area contributed by atoms with E-state index in [0.717, 1.165) is 22.5 Å². The maximum atomic E-state index is 5.12. The number of rotatable bonds is 4. The van der Waals surface area contributed by atoms with Crippen LogP contribution in [0, 0.1) is 0 Å². The van der Waals surface area contributed by atoms with Gasteiger partial charge >= 0.3 is 0 Å². The highest BCUT2D eigenvalue weighted by atomic mass is 79.9. The van der Waals surface area contributed by atoms with Crippen LogP contribution < -0.4 is 10.1 Å². The van der Waals surface area contributed by atoms with Crippen molar-refractivity contribution in [2.24, 2.45) is 0 Å². The van der Waals surface area contributed by atoms with E-state index in [-0.39, 0.29) is 0 Å². The average molecular weight is 242 g/mol. The van der Waals surface area contributed by atoms with Gasteiger partial charge in [-0.25, -0.2) is 0 Å². The predicted molar refractivity (Wildman–Crippen MR) is 59.4 cm³/mol. The molecule has 0 saturated carbocycles. The van der Waals surface area contributed by atoms with Gasteiger partial charge in [-0.2, -0.15) is 0 Å². The fourth-order valence-corrected chi connectivity index (χ4v) is 1.44. The zero-order valence-electron chi connectivity index (χ0n) is 7.51. The summed E-state index contributed by atoms with van der Waals surface area (Å²) in [6.45, 7) is 4.38. The van der Waals surface area contributed by atoms with Crippen LogP contribution in [-0.2, 0) is 0 Å². The van der Waals surface area contributed by atoms with E-state index in [4.69, 9.17) is 4.74 Å². The Labute approximate surface area is 86.7 Å². The highest BCUT2D eigenvalue weighted by molar-refractivity contribution is 9.10. The number of benzene rings is 1. The van der Waals surface area contributed by atoms with Gasteiger partial charge in [-0.3, -0.25) is 0 Å². The molecular formula is C10H12BrNO. The molecule has 0 saturated heterocycles. The molecule has 0 fully saturated rings. The third-order valence-electron chi connectivity index (χ3n) is 1.56. The van der Waals surface area contributed by atoms with Gasteiger partial charge in [-0.05, 0) is 12.1 Å². The summed E-state index contributed by atoms with van der Waals surface area (Å²) in [5.74, 6) is 0.834. The van der Waals surface area contributed by atoms with E-state index in [0.29, 0.717) is 0 Å². The summed E-state index contributed by atoms with van der Waals surface area (Å²) < 4.78 is 6.12. The van der Waals surface area contributed by atoms with Crippen molar-refractivity contribution in [3.8, 4) is 5.75 Å². The molecule has 1 N–H and O–H groups in total. The fourth-order valence-electron chi connectivity index (χ4n) is 0.973. The van der Waals surface area contributed by atoms with Crippen molar-refractivity contribution in [2.75, 3.05) is 19.0 Å². The largest absolute Gasteiger partial charge is 0.497 e. The molecule has 3 heteroatoms. The van der Waals surface area contributed by atoms with Crippen molar-refractivity contribution in [3.63, 3.8) is 0 Å². The maximum Gasteiger partial charge on any atom is 0.122 e. The molecule has 1 rings (SSSR count). The van der Waals surface area contributed by atoms with E-state index in [1.54, 1.807) is 7.11 Å². The molecule has 0 heterocycles. The number of hydrogen-bond donors (Lipinski definition) is 1. The molecule has 1 aromatic rings. The van der Waals surface area contributed by atoms with E-state index in [1.807, 2.05) is 24.3 Å². The molecule has 0 amide bonds. The van der Waals surface area contributed by atoms with Crippen LogP contribution in [0.3, 0.4) is 0 Å². The third kappa shape index (κ3) is 3.11. The number of ether oxygens (including phenoxy) is 1.